The molecule has 1 amide bonds. The Balaban J connectivity index is 2.46. The number of carboxylic acid groups (broad SMARTS) is 1. The van der Waals surface area contributed by atoms with Crippen molar-refractivity contribution in [1.29, 1.82) is 0 Å². The molecule has 42 heavy (non-hydrogen) atoms. The second-order valence-corrected chi connectivity index (χ2v) is 13.8. The monoisotopic (exact) mass is 715 g/mol. The summed E-state index contributed by atoms with van der Waals surface area (Å²) in [5.74, 6) is -1.73. The fourth-order valence-corrected chi connectivity index (χ4v) is 6.92. The number of nitrogens with one attached hydrogen (secondary N) is 1. The Labute approximate surface area is 264 Å². The summed E-state index contributed by atoms with van der Waals surface area (Å²) in [5.41, 5.74) is -1.11. The van der Waals surface area contributed by atoms with Crippen molar-refractivity contribution in [2.24, 2.45) is 5.41 Å². The first-order valence-corrected chi connectivity index (χ1v) is 16.7. The molecule has 0 aliphatic carbocycles. The average Bonchev–Trinajstić information content (AvgIpc) is 2.95. The minimum atomic E-state index is -1.62. The molecule has 12 atom stereocenters. The molecule has 12 heteroatoms. The molecule has 11 nitrogen and oxygen atoms in total. The van der Waals surface area contributed by atoms with E-state index >= 15 is 0 Å². The number of aliphatic hydroxyl groups is 3. The zero-order valence-corrected chi connectivity index (χ0v) is 28.4. The van der Waals surface area contributed by atoms with E-state index in [1.54, 1.807) is 0 Å². The van der Waals surface area contributed by atoms with E-state index in [2.05, 4.69) is 34.8 Å². The molecule has 2 aliphatic rings. The number of hydrogen-bond acceptors (Lipinski definition) is 9. The van der Waals surface area contributed by atoms with Crippen LogP contribution in [0.5, 0.6) is 0 Å². The van der Waals surface area contributed by atoms with Crippen LogP contribution in [-0.4, -0.2) is 103 Å². The highest BCUT2D eigenvalue weighted by atomic mass is 127. The molecule has 2 rings (SSSR count). The third-order valence-corrected chi connectivity index (χ3v) is 10.6. The van der Waals surface area contributed by atoms with E-state index in [1.165, 1.54) is 6.92 Å². The van der Waals surface area contributed by atoms with E-state index in [0.29, 0.717) is 19.3 Å². The molecule has 0 spiro atoms. The van der Waals surface area contributed by atoms with Crippen molar-refractivity contribution in [3.8, 4) is 0 Å². The maximum Gasteiger partial charge on any atom is 0.335 e. The number of ether oxygens (including phenoxy) is 4. The number of alkyl halides is 1. The molecule has 2 saturated heterocycles. The number of aliphatic hydroxyl groups excluding tert-OH is 3. The summed E-state index contributed by atoms with van der Waals surface area (Å²) in [7, 11) is 0. The molecule has 0 radical (unpaired) electrons. The van der Waals surface area contributed by atoms with E-state index in [1.807, 2.05) is 34.6 Å². The number of halogens is 1. The van der Waals surface area contributed by atoms with Gasteiger partial charge in [-0.25, -0.2) is 4.79 Å². The van der Waals surface area contributed by atoms with Crippen LogP contribution in [0, 0.1) is 5.41 Å². The third kappa shape index (κ3) is 8.98. The molecule has 2 fully saturated rings. The van der Waals surface area contributed by atoms with Crippen LogP contribution in [0.2, 0.25) is 0 Å². The summed E-state index contributed by atoms with van der Waals surface area (Å²) in [6.07, 6.45) is -3.39. The van der Waals surface area contributed by atoms with Crippen LogP contribution < -0.4 is 5.32 Å². The molecular formula is C30H54INO10. The number of carbonyl (C=O) groups is 2. The number of amides is 1. The SMILES string of the molecule is CCCCC(C)(CC)OC1C(I)C(CO)O[C@@H](O[C@H]2C(C(=O)O)O[C@@H](C(C)(CC)CCCC)[C@@H](O)C2O)C1NC(C)=O. The lowest BCUT2D eigenvalue weighted by Crippen LogP contribution is -2.69. The Bertz CT molecular complexity index is 866. The van der Waals surface area contributed by atoms with Gasteiger partial charge in [0.2, 0.25) is 5.91 Å². The van der Waals surface area contributed by atoms with Crippen molar-refractivity contribution in [3.05, 3.63) is 0 Å². The van der Waals surface area contributed by atoms with E-state index in [4.69, 9.17) is 18.9 Å². The van der Waals surface area contributed by atoms with Gasteiger partial charge >= 0.3 is 5.97 Å². The highest BCUT2D eigenvalue weighted by Gasteiger charge is 2.56. The maximum absolute atomic E-state index is 12.5. The molecule has 246 valence electrons. The van der Waals surface area contributed by atoms with Gasteiger partial charge in [0, 0.05) is 6.92 Å². The van der Waals surface area contributed by atoms with Crippen LogP contribution >= 0.6 is 22.6 Å². The van der Waals surface area contributed by atoms with Crippen molar-refractivity contribution in [3.63, 3.8) is 0 Å². The standard InChI is InChI=1S/C30H54INO10/c1-8-12-14-29(6,10-3)26-22(36)21(35)24(25(40-26)27(37)38)41-28-20(32-17(5)34)23(19(31)18(16-33)39-28)42-30(7,11-4)15-13-9-2/h18-26,28,33,35-36H,8-16H2,1-7H3,(H,32,34)(H,37,38)/t18?,19?,20?,21?,22-,23?,24+,25?,26+,28-,29?,30?/m0/s1. The fourth-order valence-electron chi connectivity index (χ4n) is 5.93. The van der Waals surface area contributed by atoms with E-state index in [-0.39, 0.29) is 12.5 Å². The number of hydrogen-bond donors (Lipinski definition) is 5. The van der Waals surface area contributed by atoms with Gasteiger partial charge in [-0.2, -0.15) is 0 Å². The largest absolute Gasteiger partial charge is 0.479 e. The van der Waals surface area contributed by atoms with E-state index in [9.17, 15) is 30.0 Å². The summed E-state index contributed by atoms with van der Waals surface area (Å²) < 4.78 is 24.6. The van der Waals surface area contributed by atoms with Crippen molar-refractivity contribution in [2.45, 2.75) is 164 Å². The zero-order chi connectivity index (χ0) is 31.8. The quantitative estimate of drug-likeness (QED) is 0.118. The van der Waals surface area contributed by atoms with Gasteiger partial charge in [0.25, 0.3) is 0 Å². The Kier molecular flexibility index (Phi) is 14.9. The summed E-state index contributed by atoms with van der Waals surface area (Å²) in [6, 6.07) is -0.901. The van der Waals surface area contributed by atoms with Crippen molar-refractivity contribution in [2.75, 3.05) is 6.61 Å². The van der Waals surface area contributed by atoms with Gasteiger partial charge in [-0.15, -0.1) is 0 Å². The molecule has 0 saturated carbocycles. The zero-order valence-electron chi connectivity index (χ0n) is 26.3. The molecule has 0 aromatic carbocycles. The third-order valence-electron chi connectivity index (χ3n) is 9.12. The maximum atomic E-state index is 12.5. The van der Waals surface area contributed by atoms with Gasteiger partial charge in [0.1, 0.15) is 24.4 Å². The lowest BCUT2D eigenvalue weighted by molar-refractivity contribution is -0.316. The summed E-state index contributed by atoms with van der Waals surface area (Å²) in [6.45, 7) is 13.0. The first-order valence-electron chi connectivity index (χ1n) is 15.5. The molecule has 0 aromatic heterocycles. The van der Waals surface area contributed by atoms with Gasteiger partial charge in [0.15, 0.2) is 12.4 Å². The van der Waals surface area contributed by atoms with Crippen LogP contribution in [-0.2, 0) is 28.5 Å². The first kappa shape index (κ1) is 37.6. The molecule has 0 bridgehead atoms. The van der Waals surface area contributed by atoms with Crippen LogP contribution in [0.3, 0.4) is 0 Å². The Morgan fingerprint density at radius 3 is 2.07 bits per heavy atom. The predicted molar refractivity (Wildman–Crippen MR) is 165 cm³/mol. The van der Waals surface area contributed by atoms with Gasteiger partial charge in [0.05, 0.1) is 34.4 Å². The Morgan fingerprint density at radius 1 is 0.952 bits per heavy atom. The second kappa shape index (κ2) is 16.6. The van der Waals surface area contributed by atoms with Crippen molar-refractivity contribution in [1.82, 2.24) is 5.32 Å². The molecule has 0 aromatic rings. The number of aliphatic carboxylic acids is 1. The lowest BCUT2D eigenvalue weighted by Gasteiger charge is -2.51. The second-order valence-electron chi connectivity index (χ2n) is 12.4. The van der Waals surface area contributed by atoms with Crippen LogP contribution in [0.4, 0.5) is 0 Å². The van der Waals surface area contributed by atoms with Gasteiger partial charge in [-0.3, -0.25) is 4.79 Å². The van der Waals surface area contributed by atoms with Gasteiger partial charge in [-0.1, -0.05) is 82.9 Å². The number of carbonyl (C=O) groups excluding carboxylic acids is 1. The minimum absolute atomic E-state index is 0.374. The molecule has 8 unspecified atom stereocenters. The Hall–Kier alpha value is -0.610. The summed E-state index contributed by atoms with van der Waals surface area (Å²) in [5, 5.41) is 45.8. The fraction of sp³-hybridized carbons (Fsp3) is 0.933. The summed E-state index contributed by atoms with van der Waals surface area (Å²) in [4.78, 5) is 24.9. The van der Waals surface area contributed by atoms with Crippen LogP contribution in [0.1, 0.15) is 99.8 Å². The molecular weight excluding hydrogens is 661 g/mol. The normalized spacial score (nSPS) is 36.5. The summed E-state index contributed by atoms with van der Waals surface area (Å²) >= 11 is 2.14. The predicted octanol–water partition coefficient (Wildman–Crippen LogP) is 3.32. The van der Waals surface area contributed by atoms with Gasteiger partial charge in [-0.05, 0) is 38.0 Å². The van der Waals surface area contributed by atoms with Crippen LogP contribution in [0.25, 0.3) is 0 Å². The first-order chi connectivity index (χ1) is 19.7. The lowest BCUT2D eigenvalue weighted by atomic mass is 9.72. The molecule has 2 heterocycles. The van der Waals surface area contributed by atoms with Crippen LogP contribution in [0.15, 0.2) is 0 Å². The highest BCUT2D eigenvalue weighted by Crippen LogP contribution is 2.42. The molecule has 5 N–H and O–H groups in total. The van der Waals surface area contributed by atoms with E-state index in [0.717, 1.165) is 32.1 Å². The van der Waals surface area contributed by atoms with Gasteiger partial charge < -0.3 is 44.7 Å². The van der Waals surface area contributed by atoms with E-state index < -0.39 is 76.0 Å². The average molecular weight is 716 g/mol. The number of rotatable bonds is 16. The Morgan fingerprint density at radius 2 is 1.57 bits per heavy atom. The molecule has 2 aliphatic heterocycles. The minimum Gasteiger partial charge on any atom is -0.479 e. The highest BCUT2D eigenvalue weighted by molar-refractivity contribution is 14.1. The smallest absolute Gasteiger partial charge is 0.335 e. The van der Waals surface area contributed by atoms with Crippen molar-refractivity contribution < 1.29 is 49.0 Å². The number of unbranched alkanes of at least 4 members (excludes halogenated alkanes) is 2. The topological polar surface area (TPSA) is 164 Å². The number of carboxylic acids is 1. The van der Waals surface area contributed by atoms with Crippen molar-refractivity contribution >= 4 is 34.5 Å².